The largest absolute Gasteiger partial charge is 0.495 e. The molecule has 1 amide bonds. The number of hydrogen-bond donors (Lipinski definition) is 1. The minimum atomic E-state index is -3.27. The quantitative estimate of drug-likeness (QED) is 0.788. The van der Waals surface area contributed by atoms with Gasteiger partial charge in [0.1, 0.15) is 11.3 Å². The van der Waals surface area contributed by atoms with Crippen molar-refractivity contribution in [2.24, 2.45) is 0 Å². The number of fused-ring (bicyclic) bond motifs is 1. The molecule has 0 bridgehead atoms. The first-order valence-electron chi connectivity index (χ1n) is 7.70. The number of carbonyl (C=O) groups is 1. The summed E-state index contributed by atoms with van der Waals surface area (Å²) in [6.45, 7) is 1.70. The lowest BCUT2D eigenvalue weighted by Crippen LogP contribution is -2.37. The van der Waals surface area contributed by atoms with E-state index < -0.39 is 27.4 Å². The third kappa shape index (κ3) is 3.61. The Kier molecular flexibility index (Phi) is 4.81. The Bertz CT molecular complexity index is 1090. The molecule has 1 aromatic carbocycles. The van der Waals surface area contributed by atoms with Crippen molar-refractivity contribution >= 4 is 38.3 Å². The van der Waals surface area contributed by atoms with Crippen LogP contribution < -0.4 is 15.7 Å². The zero-order valence-corrected chi connectivity index (χ0v) is 15.6. The molecular formula is C17H16ClNO6S. The van der Waals surface area contributed by atoms with Gasteiger partial charge in [-0.1, -0.05) is 11.6 Å². The molecule has 3 rings (SSSR count). The van der Waals surface area contributed by atoms with Crippen molar-refractivity contribution in [3.8, 4) is 5.75 Å². The van der Waals surface area contributed by atoms with Gasteiger partial charge in [-0.2, -0.15) is 0 Å². The fourth-order valence-electron chi connectivity index (χ4n) is 2.83. The Balaban J connectivity index is 1.89. The van der Waals surface area contributed by atoms with E-state index in [0.717, 1.165) is 5.41 Å². The minimum absolute atomic E-state index is 0.181. The number of aryl methyl sites for hydroxylation is 1. The molecule has 1 N–H and O–H groups in total. The van der Waals surface area contributed by atoms with Gasteiger partial charge in [-0.3, -0.25) is 4.79 Å². The summed E-state index contributed by atoms with van der Waals surface area (Å²) in [7, 11) is -1.82. The maximum Gasteiger partial charge on any atom is 0.340 e. The van der Waals surface area contributed by atoms with E-state index in [4.69, 9.17) is 20.8 Å². The lowest BCUT2D eigenvalue weighted by Gasteiger charge is -2.12. The molecule has 0 saturated carbocycles. The Hall–Kier alpha value is -2.32. The van der Waals surface area contributed by atoms with Crippen LogP contribution in [0.15, 0.2) is 32.8 Å². The summed E-state index contributed by atoms with van der Waals surface area (Å²) in [6.07, 6.45) is 1.19. The van der Waals surface area contributed by atoms with Crippen molar-refractivity contribution in [2.75, 3.05) is 12.9 Å². The summed E-state index contributed by atoms with van der Waals surface area (Å²) in [6, 6.07) is 2.53. The van der Waals surface area contributed by atoms with Gasteiger partial charge in [0.25, 0.3) is 0 Å². The molecule has 0 aliphatic carbocycles. The van der Waals surface area contributed by atoms with E-state index in [1.54, 1.807) is 13.0 Å². The van der Waals surface area contributed by atoms with E-state index in [-0.39, 0.29) is 17.7 Å². The summed E-state index contributed by atoms with van der Waals surface area (Å²) in [5, 5.41) is 4.61. The van der Waals surface area contributed by atoms with Gasteiger partial charge < -0.3 is 14.5 Å². The van der Waals surface area contributed by atoms with Crippen molar-refractivity contribution < 1.29 is 22.4 Å². The molecule has 1 aromatic heterocycles. The SMILES string of the molecule is COc1cc2oc(=O)c(CC(=O)N[C@H]3C=CS(=O)(=O)C3)c(C)c2cc1Cl. The second-order valence-corrected chi connectivity index (χ2v) is 8.32. The Labute approximate surface area is 154 Å². The van der Waals surface area contributed by atoms with Crippen molar-refractivity contribution in [1.82, 2.24) is 5.32 Å². The topological polar surface area (TPSA) is 103 Å². The van der Waals surface area contributed by atoms with Crippen LogP contribution in [0.3, 0.4) is 0 Å². The molecule has 26 heavy (non-hydrogen) atoms. The minimum Gasteiger partial charge on any atom is -0.495 e. The van der Waals surface area contributed by atoms with Crippen molar-refractivity contribution in [3.63, 3.8) is 0 Å². The van der Waals surface area contributed by atoms with Crippen LogP contribution in [0.1, 0.15) is 11.1 Å². The molecule has 1 aliphatic rings. The fraction of sp³-hybridized carbons (Fsp3) is 0.294. The van der Waals surface area contributed by atoms with Gasteiger partial charge in [0.2, 0.25) is 5.91 Å². The molecule has 138 valence electrons. The van der Waals surface area contributed by atoms with Crippen LogP contribution in [0.4, 0.5) is 0 Å². The zero-order chi connectivity index (χ0) is 19.1. The van der Waals surface area contributed by atoms with E-state index in [0.29, 0.717) is 27.3 Å². The van der Waals surface area contributed by atoms with Crippen LogP contribution >= 0.6 is 11.6 Å². The first kappa shape index (κ1) is 18.5. The molecule has 0 fully saturated rings. The second kappa shape index (κ2) is 6.77. The van der Waals surface area contributed by atoms with Gasteiger partial charge in [-0.15, -0.1) is 0 Å². The number of methoxy groups -OCH3 is 1. The predicted octanol–water partition coefficient (Wildman–Crippen LogP) is 1.73. The molecule has 9 heteroatoms. The third-order valence-electron chi connectivity index (χ3n) is 4.17. The van der Waals surface area contributed by atoms with Gasteiger partial charge in [0.05, 0.1) is 35.9 Å². The highest BCUT2D eigenvalue weighted by atomic mass is 35.5. The Morgan fingerprint density at radius 3 is 2.77 bits per heavy atom. The average molecular weight is 398 g/mol. The number of hydrogen-bond acceptors (Lipinski definition) is 6. The zero-order valence-electron chi connectivity index (χ0n) is 14.0. The van der Waals surface area contributed by atoms with Crippen molar-refractivity contribution in [3.05, 3.63) is 50.2 Å². The van der Waals surface area contributed by atoms with Crippen LogP contribution in [-0.4, -0.2) is 33.2 Å². The van der Waals surface area contributed by atoms with Gasteiger partial charge in [-0.05, 0) is 24.6 Å². The number of rotatable bonds is 4. The van der Waals surface area contributed by atoms with Crippen LogP contribution in [0.2, 0.25) is 5.02 Å². The van der Waals surface area contributed by atoms with E-state index >= 15 is 0 Å². The summed E-state index contributed by atoms with van der Waals surface area (Å²) < 4.78 is 33.2. The number of sulfone groups is 1. The summed E-state index contributed by atoms with van der Waals surface area (Å²) in [5.41, 5.74) is 0.443. The first-order valence-corrected chi connectivity index (χ1v) is 9.79. The molecular weight excluding hydrogens is 382 g/mol. The summed E-state index contributed by atoms with van der Waals surface area (Å²) >= 11 is 6.12. The highest BCUT2D eigenvalue weighted by molar-refractivity contribution is 7.94. The highest BCUT2D eigenvalue weighted by Gasteiger charge is 2.24. The van der Waals surface area contributed by atoms with Crippen LogP contribution in [-0.2, 0) is 21.1 Å². The number of benzene rings is 1. The van der Waals surface area contributed by atoms with Crippen molar-refractivity contribution in [1.29, 1.82) is 0 Å². The predicted molar refractivity (Wildman–Crippen MR) is 97.3 cm³/mol. The fourth-order valence-corrected chi connectivity index (χ4v) is 4.31. The van der Waals surface area contributed by atoms with Gasteiger partial charge in [0, 0.05) is 16.9 Å². The number of halogens is 1. The number of carbonyl (C=O) groups excluding carboxylic acids is 1. The summed E-state index contributed by atoms with van der Waals surface area (Å²) in [4.78, 5) is 24.5. The Morgan fingerprint density at radius 1 is 1.42 bits per heavy atom. The Morgan fingerprint density at radius 2 is 2.15 bits per heavy atom. The van der Waals surface area contributed by atoms with Gasteiger partial charge in [0.15, 0.2) is 9.84 Å². The first-order chi connectivity index (χ1) is 12.2. The second-order valence-electron chi connectivity index (χ2n) is 5.98. The van der Waals surface area contributed by atoms with E-state index in [1.807, 2.05) is 0 Å². The molecule has 0 radical (unpaired) electrons. The third-order valence-corrected chi connectivity index (χ3v) is 5.86. The van der Waals surface area contributed by atoms with Gasteiger partial charge >= 0.3 is 5.63 Å². The molecule has 2 heterocycles. The van der Waals surface area contributed by atoms with Gasteiger partial charge in [-0.25, -0.2) is 13.2 Å². The molecule has 7 nitrogen and oxygen atoms in total. The molecule has 0 unspecified atom stereocenters. The molecule has 1 aliphatic heterocycles. The lowest BCUT2D eigenvalue weighted by molar-refractivity contribution is -0.120. The van der Waals surface area contributed by atoms with E-state index in [1.165, 1.54) is 19.3 Å². The van der Waals surface area contributed by atoms with Crippen LogP contribution in [0.5, 0.6) is 5.75 Å². The average Bonchev–Trinajstić information content (AvgIpc) is 2.90. The molecule has 2 aromatic rings. The van der Waals surface area contributed by atoms with Crippen LogP contribution in [0, 0.1) is 6.92 Å². The van der Waals surface area contributed by atoms with Crippen LogP contribution in [0.25, 0.3) is 11.0 Å². The normalized spacial score (nSPS) is 18.2. The molecule has 0 spiro atoms. The number of ether oxygens (including phenoxy) is 1. The standard InChI is InChI=1S/C17H16ClNO6S/c1-9-11-5-13(18)15(24-2)7-14(11)25-17(21)12(9)6-16(20)19-10-3-4-26(22,23)8-10/h3-5,7,10H,6,8H2,1-2H3,(H,19,20)/t10-/m0/s1. The molecule has 0 saturated heterocycles. The lowest BCUT2D eigenvalue weighted by atomic mass is 10.0. The monoisotopic (exact) mass is 397 g/mol. The summed E-state index contributed by atoms with van der Waals surface area (Å²) in [5.74, 6) is -0.271. The van der Waals surface area contributed by atoms with Crippen molar-refractivity contribution in [2.45, 2.75) is 19.4 Å². The van der Waals surface area contributed by atoms with E-state index in [9.17, 15) is 18.0 Å². The van der Waals surface area contributed by atoms with E-state index in [2.05, 4.69) is 5.32 Å². The molecule has 1 atom stereocenters. The maximum atomic E-state index is 12.3. The number of amides is 1. The highest BCUT2D eigenvalue weighted by Crippen LogP contribution is 2.31. The number of nitrogens with one attached hydrogen (secondary N) is 1. The maximum absolute atomic E-state index is 12.3. The smallest absolute Gasteiger partial charge is 0.340 e.